The number of ether oxygens (including phenoxy) is 2. The Morgan fingerprint density at radius 3 is 2.55 bits per heavy atom. The summed E-state index contributed by atoms with van der Waals surface area (Å²) < 4.78 is 14.3. The Balaban J connectivity index is 1.31. The minimum atomic E-state index is -1.06. The maximum atomic E-state index is 13.9. The van der Waals surface area contributed by atoms with Crippen LogP contribution in [-0.4, -0.2) is 80.7 Å². The molecule has 0 spiro atoms. The smallest absolute Gasteiger partial charge is 0.415 e. The largest absolute Gasteiger partial charge is 0.464 e. The van der Waals surface area contributed by atoms with E-state index in [2.05, 4.69) is 16.0 Å². The van der Waals surface area contributed by atoms with Crippen LogP contribution in [0.4, 0.5) is 9.59 Å². The molecule has 11 heteroatoms. The van der Waals surface area contributed by atoms with Gasteiger partial charge in [0.25, 0.3) is 0 Å². The number of para-hydroxylation sites is 2. The molecule has 0 radical (unpaired) electrons. The van der Waals surface area contributed by atoms with Gasteiger partial charge < -0.3 is 29.4 Å². The first kappa shape index (κ1) is 33.7. The number of alkyl carbamates (subject to hydrolysis) is 1. The number of nitrogens with one attached hydrogen (secondary N) is 1. The van der Waals surface area contributed by atoms with E-state index in [4.69, 9.17) is 14.5 Å². The van der Waals surface area contributed by atoms with Crippen molar-refractivity contribution in [1.29, 1.82) is 0 Å². The number of rotatable bonds is 11. The number of aromatic nitrogens is 3. The van der Waals surface area contributed by atoms with Gasteiger partial charge >= 0.3 is 12.2 Å². The van der Waals surface area contributed by atoms with E-state index in [-0.39, 0.29) is 18.2 Å². The standard InChI is InChI=1S/C36H45N5O6/c1-36(2,3)47-34(43)37-28(22-25-14-16-26(17-15-25)30-13-8-19-41(30)35(44)45)23-32(42)39-18-7-10-27(24-39)33-38-29-11-5-6-12-31(29)40(33)20-9-21-46-4/h5-6,8,11-17,19,27-28H,7,9-10,18,20-24H2,1-4H3,(H,37,43)(H,44,45). The van der Waals surface area contributed by atoms with Gasteiger partial charge in [-0.05, 0) is 81.8 Å². The van der Waals surface area contributed by atoms with Crippen molar-refractivity contribution in [2.75, 3.05) is 26.8 Å². The van der Waals surface area contributed by atoms with Crippen LogP contribution in [0.1, 0.15) is 63.8 Å². The molecule has 0 saturated carbocycles. The number of benzene rings is 2. The van der Waals surface area contributed by atoms with Crippen LogP contribution in [0.15, 0.2) is 66.9 Å². The zero-order valence-electron chi connectivity index (χ0n) is 27.6. The fraction of sp³-hybridized carbons (Fsp3) is 0.444. The summed E-state index contributed by atoms with van der Waals surface area (Å²) in [5, 5.41) is 12.4. The molecule has 3 heterocycles. The van der Waals surface area contributed by atoms with Gasteiger partial charge in [-0.25, -0.2) is 14.6 Å². The quantitative estimate of drug-likeness (QED) is 0.184. The summed E-state index contributed by atoms with van der Waals surface area (Å²) in [6.07, 6.45) is 3.04. The van der Waals surface area contributed by atoms with Crippen molar-refractivity contribution in [1.82, 2.24) is 24.3 Å². The number of amides is 2. The van der Waals surface area contributed by atoms with Crippen molar-refractivity contribution in [2.24, 2.45) is 0 Å². The first-order chi connectivity index (χ1) is 22.5. The van der Waals surface area contributed by atoms with Gasteiger partial charge in [0.2, 0.25) is 5.91 Å². The molecule has 2 aromatic carbocycles. The number of carbonyl (C=O) groups excluding carboxylic acids is 2. The molecule has 2 atom stereocenters. The predicted molar refractivity (Wildman–Crippen MR) is 180 cm³/mol. The highest BCUT2D eigenvalue weighted by Crippen LogP contribution is 2.30. The summed E-state index contributed by atoms with van der Waals surface area (Å²) >= 11 is 0. The topological polar surface area (TPSA) is 128 Å². The number of aryl methyl sites for hydroxylation is 1. The number of carboxylic acid groups (broad SMARTS) is 1. The van der Waals surface area contributed by atoms with Gasteiger partial charge in [0.05, 0.1) is 16.7 Å². The molecule has 1 aliphatic rings. The van der Waals surface area contributed by atoms with E-state index in [1.165, 1.54) is 10.8 Å². The average Bonchev–Trinajstić information content (AvgIpc) is 3.67. The highest BCUT2D eigenvalue weighted by Gasteiger charge is 2.30. The molecule has 1 aliphatic heterocycles. The van der Waals surface area contributed by atoms with Crippen molar-refractivity contribution in [2.45, 2.75) is 77.0 Å². The number of piperidine rings is 1. The van der Waals surface area contributed by atoms with Gasteiger partial charge in [0.15, 0.2) is 0 Å². The van der Waals surface area contributed by atoms with Gasteiger partial charge in [0.1, 0.15) is 11.4 Å². The second-order valence-electron chi connectivity index (χ2n) is 13.1. The third-order valence-corrected chi connectivity index (χ3v) is 8.38. The Labute approximate surface area is 275 Å². The van der Waals surface area contributed by atoms with E-state index in [0.717, 1.165) is 53.8 Å². The first-order valence-electron chi connectivity index (χ1n) is 16.2. The summed E-state index contributed by atoms with van der Waals surface area (Å²) in [6, 6.07) is 18.6. The van der Waals surface area contributed by atoms with Crippen molar-refractivity contribution in [3.05, 3.63) is 78.2 Å². The molecule has 11 nitrogen and oxygen atoms in total. The van der Waals surface area contributed by atoms with Crippen LogP contribution >= 0.6 is 0 Å². The SMILES string of the molecule is COCCCn1c(C2CCCN(C(=O)CC(Cc3ccc(-c4cccn4C(=O)O)cc3)NC(=O)OC(C)(C)C)C2)nc2ccccc21. The highest BCUT2D eigenvalue weighted by molar-refractivity contribution is 5.79. The number of likely N-dealkylation sites (tertiary alicyclic amines) is 1. The van der Waals surface area contributed by atoms with E-state index in [0.29, 0.717) is 31.8 Å². The van der Waals surface area contributed by atoms with E-state index in [1.807, 2.05) is 47.4 Å². The summed E-state index contributed by atoms with van der Waals surface area (Å²) in [5.41, 5.74) is 3.57. The minimum absolute atomic E-state index is 0.0336. The lowest BCUT2D eigenvalue weighted by molar-refractivity contribution is -0.133. The fourth-order valence-electron chi connectivity index (χ4n) is 6.29. The Morgan fingerprint density at radius 2 is 1.83 bits per heavy atom. The molecule has 2 unspecified atom stereocenters. The third-order valence-electron chi connectivity index (χ3n) is 8.38. The van der Waals surface area contributed by atoms with Crippen molar-refractivity contribution in [3.8, 4) is 11.3 Å². The van der Waals surface area contributed by atoms with Gasteiger partial charge in [-0.1, -0.05) is 36.4 Å². The van der Waals surface area contributed by atoms with Crippen molar-refractivity contribution >= 4 is 29.1 Å². The Kier molecular flexibility index (Phi) is 10.7. The zero-order valence-corrected chi connectivity index (χ0v) is 27.6. The molecule has 1 fully saturated rings. The molecule has 4 aromatic rings. The number of methoxy groups -OCH3 is 1. The lowest BCUT2D eigenvalue weighted by Gasteiger charge is -2.34. The molecule has 250 valence electrons. The Hall–Kier alpha value is -4.64. The molecule has 2 amide bonds. The number of hydrogen-bond acceptors (Lipinski definition) is 6. The van der Waals surface area contributed by atoms with Gasteiger partial charge in [-0.2, -0.15) is 0 Å². The molecule has 5 rings (SSSR count). The van der Waals surface area contributed by atoms with Gasteiger partial charge in [-0.3, -0.25) is 9.36 Å². The van der Waals surface area contributed by atoms with Gasteiger partial charge in [0, 0.05) is 57.9 Å². The maximum absolute atomic E-state index is 13.9. The van der Waals surface area contributed by atoms with E-state index >= 15 is 0 Å². The minimum Gasteiger partial charge on any atom is -0.464 e. The number of hydrogen-bond donors (Lipinski definition) is 2. The molecule has 0 bridgehead atoms. The van der Waals surface area contributed by atoms with E-state index in [9.17, 15) is 19.5 Å². The molecular formula is C36H45N5O6. The summed E-state index contributed by atoms with van der Waals surface area (Å²) in [6.45, 7) is 8.06. The van der Waals surface area contributed by atoms with E-state index in [1.54, 1.807) is 40.0 Å². The summed E-state index contributed by atoms with van der Waals surface area (Å²) in [5.74, 6) is 1.06. The monoisotopic (exact) mass is 643 g/mol. The third kappa shape index (κ3) is 8.59. The summed E-state index contributed by atoms with van der Waals surface area (Å²) in [7, 11) is 1.71. The molecule has 2 N–H and O–H groups in total. The number of carbonyl (C=O) groups is 3. The number of imidazole rings is 1. The van der Waals surface area contributed by atoms with Crippen LogP contribution in [0, 0.1) is 0 Å². The van der Waals surface area contributed by atoms with Crippen LogP contribution in [0.3, 0.4) is 0 Å². The molecule has 47 heavy (non-hydrogen) atoms. The van der Waals surface area contributed by atoms with Crippen LogP contribution in [0.5, 0.6) is 0 Å². The first-order valence-corrected chi connectivity index (χ1v) is 16.2. The van der Waals surface area contributed by atoms with Crippen LogP contribution < -0.4 is 5.32 Å². The molecule has 1 saturated heterocycles. The lowest BCUT2D eigenvalue weighted by atomic mass is 9.95. The predicted octanol–water partition coefficient (Wildman–Crippen LogP) is 6.30. The van der Waals surface area contributed by atoms with Gasteiger partial charge in [-0.15, -0.1) is 0 Å². The lowest BCUT2D eigenvalue weighted by Crippen LogP contribution is -2.46. The Bertz CT molecular complexity index is 1690. The fourth-order valence-corrected chi connectivity index (χ4v) is 6.29. The maximum Gasteiger partial charge on any atom is 0.415 e. The van der Waals surface area contributed by atoms with Crippen molar-refractivity contribution in [3.63, 3.8) is 0 Å². The highest BCUT2D eigenvalue weighted by atomic mass is 16.6. The number of nitrogens with zero attached hydrogens (tertiary/aromatic N) is 4. The van der Waals surface area contributed by atoms with Crippen molar-refractivity contribution < 1.29 is 29.0 Å². The Morgan fingerprint density at radius 1 is 1.06 bits per heavy atom. The second-order valence-corrected chi connectivity index (χ2v) is 13.1. The molecular weight excluding hydrogens is 598 g/mol. The van der Waals surface area contributed by atoms with Crippen LogP contribution in [0.2, 0.25) is 0 Å². The van der Waals surface area contributed by atoms with E-state index < -0.39 is 23.8 Å². The van der Waals surface area contributed by atoms with Crippen LogP contribution in [-0.2, 0) is 27.2 Å². The zero-order chi connectivity index (χ0) is 33.6. The molecule has 0 aliphatic carbocycles. The average molecular weight is 644 g/mol. The summed E-state index contributed by atoms with van der Waals surface area (Å²) in [4.78, 5) is 45.2. The molecule has 2 aromatic heterocycles. The number of fused-ring (bicyclic) bond motifs is 1. The van der Waals surface area contributed by atoms with Crippen LogP contribution in [0.25, 0.3) is 22.3 Å². The normalized spacial score (nSPS) is 15.8. The second kappa shape index (κ2) is 14.8.